The largest absolute Gasteiger partial charge is 0.496 e. The molecule has 1 aliphatic rings. The summed E-state index contributed by atoms with van der Waals surface area (Å²) in [4.78, 5) is 13.0. The molecule has 0 fully saturated rings. The molecule has 1 amide bonds. The highest BCUT2D eigenvalue weighted by Crippen LogP contribution is 2.33. The minimum Gasteiger partial charge on any atom is -0.496 e. The number of aryl methyl sites for hydroxylation is 1. The van der Waals surface area contributed by atoms with Crippen molar-refractivity contribution in [2.24, 2.45) is 0 Å². The number of nitrogens with zero attached hydrogens (tertiary/aromatic N) is 2. The van der Waals surface area contributed by atoms with Gasteiger partial charge < -0.3 is 10.1 Å². The average molecular weight is 395 g/mol. The van der Waals surface area contributed by atoms with Crippen LogP contribution < -0.4 is 10.1 Å². The molecule has 0 bridgehead atoms. The van der Waals surface area contributed by atoms with E-state index in [2.05, 4.69) is 10.4 Å². The number of rotatable bonds is 4. The van der Waals surface area contributed by atoms with Crippen LogP contribution in [0.5, 0.6) is 5.75 Å². The van der Waals surface area contributed by atoms with Gasteiger partial charge in [0.25, 0.3) is 5.91 Å². The van der Waals surface area contributed by atoms with Gasteiger partial charge in [0.1, 0.15) is 11.6 Å². The van der Waals surface area contributed by atoms with Crippen molar-refractivity contribution in [1.29, 1.82) is 0 Å². The monoisotopic (exact) mass is 395 g/mol. The first kappa shape index (κ1) is 18.4. The lowest BCUT2D eigenvalue weighted by molar-refractivity contribution is 0.102. The number of amides is 1. The van der Waals surface area contributed by atoms with E-state index in [0.717, 1.165) is 28.1 Å². The number of para-hydroxylation sites is 1. The number of ether oxygens (including phenoxy) is 1. The molecule has 28 heavy (non-hydrogen) atoms. The second-order valence-electron chi connectivity index (χ2n) is 6.79. The van der Waals surface area contributed by atoms with Gasteiger partial charge in [-0.3, -0.25) is 9.00 Å². The number of aromatic nitrogens is 2. The van der Waals surface area contributed by atoms with Gasteiger partial charge in [0.2, 0.25) is 0 Å². The lowest BCUT2D eigenvalue weighted by Gasteiger charge is -2.15. The first-order chi connectivity index (χ1) is 13.5. The number of carbonyl (C=O) groups excluding carboxylic acids is 1. The molecule has 1 atom stereocenters. The van der Waals surface area contributed by atoms with Crippen molar-refractivity contribution >= 4 is 22.5 Å². The summed E-state index contributed by atoms with van der Waals surface area (Å²) < 4.78 is 19.1. The minimum absolute atomic E-state index is 0.288. The van der Waals surface area contributed by atoms with E-state index in [0.29, 0.717) is 28.6 Å². The lowest BCUT2D eigenvalue weighted by Crippen LogP contribution is -2.17. The Kier molecular flexibility index (Phi) is 4.77. The number of methoxy groups -OCH3 is 1. The van der Waals surface area contributed by atoms with Crippen molar-refractivity contribution in [1.82, 2.24) is 9.78 Å². The number of nitrogens with one attached hydrogen (secondary N) is 1. The molecule has 1 aliphatic heterocycles. The van der Waals surface area contributed by atoms with Crippen LogP contribution in [0.2, 0.25) is 0 Å². The molecule has 0 aliphatic carbocycles. The second kappa shape index (κ2) is 7.24. The summed E-state index contributed by atoms with van der Waals surface area (Å²) in [5.74, 6) is 1.58. The van der Waals surface area contributed by atoms with E-state index >= 15 is 0 Å². The third-order valence-corrected chi connectivity index (χ3v) is 6.26. The molecule has 7 heteroatoms. The van der Waals surface area contributed by atoms with Gasteiger partial charge in [-0.25, -0.2) is 4.68 Å². The van der Waals surface area contributed by atoms with Crippen molar-refractivity contribution in [3.63, 3.8) is 0 Å². The molecule has 3 aromatic rings. The predicted octanol–water partition coefficient (Wildman–Crippen LogP) is 3.51. The van der Waals surface area contributed by atoms with Crippen molar-refractivity contribution in [2.75, 3.05) is 12.4 Å². The summed E-state index contributed by atoms with van der Waals surface area (Å²) in [5, 5.41) is 7.67. The predicted molar refractivity (Wildman–Crippen MR) is 110 cm³/mol. The molecule has 2 heterocycles. The third kappa shape index (κ3) is 3.11. The van der Waals surface area contributed by atoms with Gasteiger partial charge in [-0.15, -0.1) is 0 Å². The van der Waals surface area contributed by atoms with E-state index < -0.39 is 10.8 Å². The third-order valence-electron chi connectivity index (χ3n) is 5.06. The van der Waals surface area contributed by atoms with E-state index in [9.17, 15) is 9.00 Å². The van der Waals surface area contributed by atoms with Crippen LogP contribution in [0.1, 0.15) is 32.7 Å². The summed E-state index contributed by atoms with van der Waals surface area (Å²) in [6, 6.07) is 13.0. The normalized spacial score (nSPS) is 15.3. The van der Waals surface area contributed by atoms with E-state index in [4.69, 9.17) is 4.74 Å². The van der Waals surface area contributed by atoms with Gasteiger partial charge in [-0.1, -0.05) is 24.3 Å². The van der Waals surface area contributed by atoms with Gasteiger partial charge in [0, 0.05) is 16.4 Å². The minimum atomic E-state index is -0.990. The van der Waals surface area contributed by atoms with Crippen molar-refractivity contribution in [2.45, 2.75) is 25.4 Å². The molecule has 144 valence electrons. The van der Waals surface area contributed by atoms with Crippen LogP contribution in [0.15, 0.2) is 42.5 Å². The molecule has 1 aromatic heterocycles. The summed E-state index contributed by atoms with van der Waals surface area (Å²) in [5.41, 5.74) is 5.16. The van der Waals surface area contributed by atoms with Crippen molar-refractivity contribution in [3.05, 3.63) is 70.4 Å². The maximum atomic E-state index is 13.0. The lowest BCUT2D eigenvalue weighted by atomic mass is 10.1. The Hall–Kier alpha value is -2.93. The number of hydrogen-bond donors (Lipinski definition) is 1. The van der Waals surface area contributed by atoms with Gasteiger partial charge in [0.15, 0.2) is 0 Å². The smallest absolute Gasteiger partial charge is 0.260 e. The first-order valence-corrected chi connectivity index (χ1v) is 10.4. The molecule has 1 N–H and O–H groups in total. The Labute approximate surface area is 166 Å². The zero-order chi connectivity index (χ0) is 19.8. The van der Waals surface area contributed by atoms with Crippen LogP contribution in [-0.4, -0.2) is 27.0 Å². The molecule has 0 saturated carbocycles. The number of anilines is 1. The quantitative estimate of drug-likeness (QED) is 0.734. The number of carbonyl (C=O) groups is 1. The number of fused-ring (bicyclic) bond motifs is 1. The Morgan fingerprint density at radius 2 is 1.93 bits per heavy atom. The summed E-state index contributed by atoms with van der Waals surface area (Å²) in [6.45, 7) is 4.07. The number of benzene rings is 2. The molecule has 4 rings (SSSR count). The molecule has 0 radical (unpaired) electrons. The highest BCUT2D eigenvalue weighted by atomic mass is 32.2. The maximum absolute atomic E-state index is 13.0. The zero-order valence-corrected chi connectivity index (χ0v) is 16.8. The molecule has 6 nitrogen and oxygen atoms in total. The van der Waals surface area contributed by atoms with Gasteiger partial charge >= 0.3 is 0 Å². The molecule has 0 spiro atoms. The van der Waals surface area contributed by atoms with Gasteiger partial charge in [-0.05, 0) is 43.2 Å². The van der Waals surface area contributed by atoms with Crippen molar-refractivity contribution < 1.29 is 13.7 Å². The van der Waals surface area contributed by atoms with Crippen LogP contribution in [0.3, 0.4) is 0 Å². The number of hydrogen-bond acceptors (Lipinski definition) is 4. The van der Waals surface area contributed by atoms with Crippen LogP contribution in [0.4, 0.5) is 5.82 Å². The summed E-state index contributed by atoms with van der Waals surface area (Å²) in [7, 11) is 0.545. The SMILES string of the molecule is COc1ccccc1C(=O)Nc1c2c(nn1-c1cccc(C)c1C)C[S@@](=O)C2. The summed E-state index contributed by atoms with van der Waals surface area (Å²) in [6.07, 6.45) is 0. The van der Waals surface area contributed by atoms with Crippen molar-refractivity contribution in [3.8, 4) is 11.4 Å². The van der Waals surface area contributed by atoms with E-state index in [1.165, 1.54) is 7.11 Å². The Balaban J connectivity index is 1.81. The van der Waals surface area contributed by atoms with E-state index in [1.54, 1.807) is 22.9 Å². The molecule has 2 aromatic carbocycles. The first-order valence-electron chi connectivity index (χ1n) is 8.96. The Morgan fingerprint density at radius 3 is 2.71 bits per heavy atom. The Morgan fingerprint density at radius 1 is 1.14 bits per heavy atom. The van der Waals surface area contributed by atoms with Crippen LogP contribution >= 0.6 is 0 Å². The van der Waals surface area contributed by atoms with Crippen LogP contribution in [0, 0.1) is 13.8 Å². The second-order valence-corrected chi connectivity index (χ2v) is 8.24. The fraction of sp³-hybridized carbons (Fsp3) is 0.238. The van der Waals surface area contributed by atoms with Crippen LogP contribution in [0.25, 0.3) is 5.69 Å². The molecule has 0 saturated heterocycles. The fourth-order valence-electron chi connectivity index (χ4n) is 3.40. The van der Waals surface area contributed by atoms with Gasteiger partial charge in [0.05, 0.1) is 35.6 Å². The van der Waals surface area contributed by atoms with E-state index in [-0.39, 0.29) is 5.91 Å². The van der Waals surface area contributed by atoms with Gasteiger partial charge in [-0.2, -0.15) is 5.10 Å². The maximum Gasteiger partial charge on any atom is 0.260 e. The standard InChI is InChI=1S/C21H21N3O3S/c1-13-7-6-9-18(14(13)2)24-20(16-11-28(26)12-17(16)23-24)22-21(25)15-8-4-5-10-19(15)27-3/h4-10H,11-12H2,1-3H3,(H,22,25)/t28-/m0/s1. The average Bonchev–Trinajstić information content (AvgIpc) is 3.21. The van der Waals surface area contributed by atoms with E-state index in [1.807, 2.05) is 38.1 Å². The zero-order valence-electron chi connectivity index (χ0n) is 16.0. The molecular formula is C21H21N3O3S. The Bertz CT molecular complexity index is 1100. The molecule has 0 unspecified atom stereocenters. The highest BCUT2D eigenvalue weighted by Gasteiger charge is 2.29. The highest BCUT2D eigenvalue weighted by molar-refractivity contribution is 7.83. The fourth-order valence-corrected chi connectivity index (χ4v) is 4.67. The topological polar surface area (TPSA) is 73.2 Å². The van der Waals surface area contributed by atoms with Crippen LogP contribution in [-0.2, 0) is 22.3 Å². The molecular weight excluding hydrogens is 374 g/mol. The summed E-state index contributed by atoms with van der Waals surface area (Å²) >= 11 is 0.